The molecular weight excluding hydrogens is 363 g/mol. The third kappa shape index (κ3) is 3.57. The number of imidazole rings is 1. The molecule has 3 heterocycles. The lowest BCUT2D eigenvalue weighted by molar-refractivity contribution is 0.0984. The highest BCUT2D eigenvalue weighted by molar-refractivity contribution is 5.96. The average Bonchev–Trinajstić information content (AvgIpc) is 3.34. The summed E-state index contributed by atoms with van der Waals surface area (Å²) in [6.45, 7) is 0.770. The van der Waals surface area contributed by atoms with E-state index in [1.165, 1.54) is 0 Å². The Morgan fingerprint density at radius 3 is 3.14 bits per heavy atom. The van der Waals surface area contributed by atoms with Crippen molar-refractivity contribution in [2.45, 2.75) is 31.5 Å². The van der Waals surface area contributed by atoms with Crippen LogP contribution in [-0.2, 0) is 4.84 Å². The molecule has 0 aromatic carbocycles. The van der Waals surface area contributed by atoms with Crippen molar-refractivity contribution >= 4 is 17.3 Å². The molecule has 1 saturated heterocycles. The number of allylic oxidation sites excluding steroid dienone is 3. The van der Waals surface area contributed by atoms with Gasteiger partial charge in [-0.2, -0.15) is 0 Å². The molecule has 0 radical (unpaired) electrons. The highest BCUT2D eigenvalue weighted by Crippen LogP contribution is 2.32. The Labute approximate surface area is 161 Å². The zero-order valence-electron chi connectivity index (χ0n) is 15.4. The Balaban J connectivity index is 1.63. The Bertz CT molecular complexity index is 938. The largest absolute Gasteiger partial charge is 0.393 e. The predicted molar refractivity (Wildman–Crippen MR) is 104 cm³/mol. The Kier molecular flexibility index (Phi) is 5.25. The first-order chi connectivity index (χ1) is 13.7. The lowest BCUT2D eigenvalue weighted by Crippen LogP contribution is -2.33. The van der Waals surface area contributed by atoms with Gasteiger partial charge in [0.05, 0.1) is 18.8 Å². The smallest absolute Gasteiger partial charge is 0.190 e. The Morgan fingerprint density at radius 2 is 2.32 bits per heavy atom. The number of nitrogens with zero attached hydrogens (tertiary/aromatic N) is 5. The molecule has 1 aliphatic carbocycles. The number of nitrogens with two attached hydrogens (primary N) is 1. The lowest BCUT2D eigenvalue weighted by atomic mass is 9.95. The van der Waals surface area contributed by atoms with Gasteiger partial charge in [0, 0.05) is 13.0 Å². The molecule has 0 amide bonds. The molecule has 4 rings (SSSR count). The number of halogens is 1. The van der Waals surface area contributed by atoms with Gasteiger partial charge in [-0.1, -0.05) is 23.4 Å². The highest BCUT2D eigenvalue weighted by atomic mass is 19.1. The molecule has 28 heavy (non-hydrogen) atoms. The zero-order chi connectivity index (χ0) is 19.5. The van der Waals surface area contributed by atoms with Gasteiger partial charge in [-0.05, 0) is 30.5 Å². The summed E-state index contributed by atoms with van der Waals surface area (Å²) in [6.07, 6.45) is 8.49. The van der Waals surface area contributed by atoms with Crippen LogP contribution in [0.1, 0.15) is 25.0 Å². The van der Waals surface area contributed by atoms with Crippen molar-refractivity contribution in [3.8, 4) is 0 Å². The summed E-state index contributed by atoms with van der Waals surface area (Å²) in [5.74, 6) is 0.910. The molecule has 0 saturated carbocycles. The number of alkyl halides is 1. The Hall–Kier alpha value is -2.94. The minimum atomic E-state index is -0.923. The number of hydrogen-bond donors (Lipinski definition) is 2. The fraction of sp³-hybridized carbons (Fsp3) is 0.421. The van der Waals surface area contributed by atoms with Crippen molar-refractivity contribution in [1.82, 2.24) is 14.6 Å². The maximum Gasteiger partial charge on any atom is 0.190 e. The van der Waals surface area contributed by atoms with Crippen molar-refractivity contribution < 1.29 is 14.3 Å². The van der Waals surface area contributed by atoms with Gasteiger partial charge in [-0.25, -0.2) is 13.9 Å². The number of fused-ring (bicyclic) bond motifs is 1. The summed E-state index contributed by atoms with van der Waals surface area (Å²) in [4.78, 5) is 11.4. The molecule has 0 bridgehead atoms. The van der Waals surface area contributed by atoms with Crippen molar-refractivity contribution in [2.75, 3.05) is 24.7 Å². The van der Waals surface area contributed by atoms with Gasteiger partial charge < -0.3 is 20.6 Å². The summed E-state index contributed by atoms with van der Waals surface area (Å²) in [5, 5.41) is 17.3. The van der Waals surface area contributed by atoms with E-state index >= 15 is 0 Å². The standard InChI is InChI=1S/C19H23FN6O2/c20-14-4-1-3-13(11-14)15-5-2-8-25(15)18-7-6-17-22-12-16(26(17)23-18)19(21)24-28-10-9-27/h1,3-4,6-7,12,14-15,27H,2,5,8-11H2,(H2,21,24)/t14?,15-/m1/s1. The number of anilines is 1. The monoisotopic (exact) mass is 386 g/mol. The van der Waals surface area contributed by atoms with Gasteiger partial charge in [-0.3, -0.25) is 0 Å². The predicted octanol–water partition coefficient (Wildman–Crippen LogP) is 1.55. The van der Waals surface area contributed by atoms with Gasteiger partial charge in [0.2, 0.25) is 0 Å². The van der Waals surface area contributed by atoms with Gasteiger partial charge in [0.25, 0.3) is 0 Å². The molecule has 2 atom stereocenters. The lowest BCUT2D eigenvalue weighted by Gasteiger charge is -2.29. The van der Waals surface area contributed by atoms with Crippen LogP contribution in [-0.4, -0.2) is 57.5 Å². The molecule has 3 N–H and O–H groups in total. The van der Waals surface area contributed by atoms with Crippen LogP contribution in [0.15, 0.2) is 47.3 Å². The second kappa shape index (κ2) is 7.97. The summed E-state index contributed by atoms with van der Waals surface area (Å²) in [6, 6.07) is 3.93. The van der Waals surface area contributed by atoms with Crippen LogP contribution in [0.2, 0.25) is 0 Å². The fourth-order valence-electron chi connectivity index (χ4n) is 3.73. The van der Waals surface area contributed by atoms with Crippen LogP contribution < -0.4 is 10.6 Å². The van der Waals surface area contributed by atoms with Gasteiger partial charge >= 0.3 is 0 Å². The molecule has 2 aromatic rings. The molecule has 8 nitrogen and oxygen atoms in total. The number of amidine groups is 1. The van der Waals surface area contributed by atoms with Crippen molar-refractivity contribution in [3.05, 3.63) is 47.8 Å². The van der Waals surface area contributed by atoms with Crippen molar-refractivity contribution in [2.24, 2.45) is 10.9 Å². The minimum Gasteiger partial charge on any atom is -0.393 e. The topological polar surface area (TPSA) is 101 Å². The third-order valence-corrected chi connectivity index (χ3v) is 4.99. The second-order valence-corrected chi connectivity index (χ2v) is 6.84. The summed E-state index contributed by atoms with van der Waals surface area (Å²) in [5.41, 5.74) is 8.22. The van der Waals surface area contributed by atoms with E-state index in [-0.39, 0.29) is 25.1 Å². The molecular formula is C19H23FN6O2. The molecule has 1 aliphatic heterocycles. The number of oxime groups is 1. The van der Waals surface area contributed by atoms with Crippen molar-refractivity contribution in [1.29, 1.82) is 0 Å². The summed E-state index contributed by atoms with van der Waals surface area (Å²) >= 11 is 0. The van der Waals surface area contributed by atoms with Crippen LogP contribution in [0.5, 0.6) is 0 Å². The second-order valence-electron chi connectivity index (χ2n) is 6.84. The first kappa shape index (κ1) is 18.4. The number of hydrogen-bond acceptors (Lipinski definition) is 6. The first-order valence-corrected chi connectivity index (χ1v) is 9.37. The van der Waals surface area contributed by atoms with Crippen LogP contribution in [0.25, 0.3) is 5.65 Å². The van der Waals surface area contributed by atoms with Crippen molar-refractivity contribution in [3.63, 3.8) is 0 Å². The number of aliphatic hydroxyl groups excluding tert-OH is 1. The molecule has 148 valence electrons. The van der Waals surface area contributed by atoms with E-state index in [2.05, 4.69) is 15.0 Å². The quantitative estimate of drug-likeness (QED) is 0.338. The maximum atomic E-state index is 13.8. The van der Waals surface area contributed by atoms with E-state index in [1.807, 2.05) is 18.2 Å². The highest BCUT2D eigenvalue weighted by Gasteiger charge is 2.30. The fourth-order valence-corrected chi connectivity index (χ4v) is 3.73. The Morgan fingerprint density at radius 1 is 1.43 bits per heavy atom. The SMILES string of the molecule is N/C(=N\OCCO)c1cnc2ccc(N3CCC[C@@H]3C3=CC=CC(F)C3)nn12. The van der Waals surface area contributed by atoms with E-state index in [4.69, 9.17) is 20.8 Å². The van der Waals surface area contributed by atoms with Crippen LogP contribution in [0.3, 0.4) is 0 Å². The first-order valence-electron chi connectivity index (χ1n) is 9.37. The van der Waals surface area contributed by atoms with Gasteiger partial charge in [0.15, 0.2) is 11.5 Å². The van der Waals surface area contributed by atoms with E-state index in [9.17, 15) is 4.39 Å². The van der Waals surface area contributed by atoms with E-state index < -0.39 is 6.17 Å². The zero-order valence-corrected chi connectivity index (χ0v) is 15.4. The molecule has 2 aromatic heterocycles. The minimum absolute atomic E-state index is 0.0602. The van der Waals surface area contributed by atoms with E-state index in [0.717, 1.165) is 30.8 Å². The summed E-state index contributed by atoms with van der Waals surface area (Å²) < 4.78 is 15.4. The number of aliphatic hydroxyl groups is 1. The van der Waals surface area contributed by atoms with Gasteiger partial charge in [0.1, 0.15) is 24.3 Å². The van der Waals surface area contributed by atoms with Crippen LogP contribution in [0, 0.1) is 0 Å². The van der Waals surface area contributed by atoms with Gasteiger partial charge in [-0.15, -0.1) is 5.10 Å². The van der Waals surface area contributed by atoms with E-state index in [1.54, 1.807) is 22.9 Å². The molecule has 9 heteroatoms. The van der Waals surface area contributed by atoms with Crippen LogP contribution >= 0.6 is 0 Å². The maximum absolute atomic E-state index is 13.8. The number of rotatable bonds is 6. The molecule has 1 unspecified atom stereocenters. The molecule has 2 aliphatic rings. The third-order valence-electron chi connectivity index (χ3n) is 4.99. The van der Waals surface area contributed by atoms with Crippen LogP contribution in [0.4, 0.5) is 10.2 Å². The molecule has 0 spiro atoms. The van der Waals surface area contributed by atoms with E-state index in [0.29, 0.717) is 17.8 Å². The number of aromatic nitrogens is 3. The average molecular weight is 386 g/mol. The molecule has 1 fully saturated rings. The normalized spacial score (nSPS) is 22.7. The summed E-state index contributed by atoms with van der Waals surface area (Å²) in [7, 11) is 0.